The monoisotopic (exact) mass is 449 g/mol. The predicted molar refractivity (Wildman–Crippen MR) is 127 cm³/mol. The summed E-state index contributed by atoms with van der Waals surface area (Å²) >= 11 is 0. The number of amides is 1. The molecule has 1 amide bonds. The number of hydrogen-bond acceptors (Lipinski definition) is 5. The van der Waals surface area contributed by atoms with Crippen LogP contribution in [0, 0.1) is 0 Å². The van der Waals surface area contributed by atoms with Crippen LogP contribution in [0.3, 0.4) is 0 Å². The van der Waals surface area contributed by atoms with Gasteiger partial charge in [0, 0.05) is 24.3 Å². The average Bonchev–Trinajstić information content (AvgIpc) is 3.36. The molecule has 1 atom stereocenters. The van der Waals surface area contributed by atoms with Crippen molar-refractivity contribution in [2.45, 2.75) is 39.3 Å². The minimum absolute atomic E-state index is 0.0462. The Morgan fingerprint density at radius 2 is 1.91 bits per heavy atom. The van der Waals surface area contributed by atoms with Gasteiger partial charge in [-0.15, -0.1) is 0 Å². The second-order valence-corrected chi connectivity index (χ2v) is 8.27. The lowest BCUT2D eigenvalue weighted by molar-refractivity contribution is 0.0601. The molecule has 0 saturated heterocycles. The Morgan fingerprint density at radius 3 is 2.61 bits per heavy atom. The van der Waals surface area contributed by atoms with Crippen LogP contribution in [0.4, 0.5) is 0 Å². The number of carbonyl (C=O) groups excluding carboxylic acids is 1. The van der Waals surface area contributed by atoms with E-state index in [4.69, 9.17) is 14.2 Å². The van der Waals surface area contributed by atoms with E-state index in [2.05, 4.69) is 10.2 Å². The second kappa shape index (κ2) is 10.1. The fourth-order valence-corrected chi connectivity index (χ4v) is 4.23. The number of nitrogens with zero attached hydrogens (tertiary/aromatic N) is 2. The maximum absolute atomic E-state index is 13.4. The molecule has 7 heteroatoms. The first-order valence-electron chi connectivity index (χ1n) is 11.4. The summed E-state index contributed by atoms with van der Waals surface area (Å²) in [6.07, 6.45) is 0.918. The lowest BCUT2D eigenvalue weighted by Gasteiger charge is -2.26. The Morgan fingerprint density at radius 1 is 1.12 bits per heavy atom. The van der Waals surface area contributed by atoms with Crippen molar-refractivity contribution >= 4 is 5.91 Å². The molecule has 7 nitrogen and oxygen atoms in total. The molecule has 0 unspecified atom stereocenters. The molecule has 1 N–H and O–H groups in total. The fraction of sp³-hybridized carbons (Fsp3) is 0.385. The SMILES string of the molecule is CCOc1ccc([C@@H]2c3c(-c4cccc(OC)c4)n[nH]c3C(=O)N2CCCOC(C)C)cc1. The molecule has 0 saturated carbocycles. The molecule has 1 aromatic heterocycles. The van der Waals surface area contributed by atoms with Crippen LogP contribution in [-0.4, -0.2) is 54.0 Å². The van der Waals surface area contributed by atoms with E-state index in [9.17, 15) is 4.79 Å². The molecule has 0 fully saturated rings. The molecular weight excluding hydrogens is 418 g/mol. The van der Waals surface area contributed by atoms with Gasteiger partial charge in [0.2, 0.25) is 0 Å². The van der Waals surface area contributed by atoms with Gasteiger partial charge in [0.1, 0.15) is 17.2 Å². The van der Waals surface area contributed by atoms with Gasteiger partial charge in [0.25, 0.3) is 5.91 Å². The zero-order valence-electron chi connectivity index (χ0n) is 19.6. The van der Waals surface area contributed by atoms with E-state index in [0.717, 1.165) is 40.3 Å². The van der Waals surface area contributed by atoms with Crippen LogP contribution in [-0.2, 0) is 4.74 Å². The molecule has 2 aromatic carbocycles. The van der Waals surface area contributed by atoms with E-state index >= 15 is 0 Å². The highest BCUT2D eigenvalue weighted by atomic mass is 16.5. The van der Waals surface area contributed by atoms with Crippen LogP contribution in [0.5, 0.6) is 11.5 Å². The number of ether oxygens (including phenoxy) is 3. The Kier molecular flexibility index (Phi) is 6.99. The van der Waals surface area contributed by atoms with Gasteiger partial charge in [0.15, 0.2) is 0 Å². The molecule has 0 aliphatic carbocycles. The second-order valence-electron chi connectivity index (χ2n) is 8.27. The normalized spacial score (nSPS) is 15.2. The minimum atomic E-state index is -0.248. The van der Waals surface area contributed by atoms with Crippen molar-refractivity contribution < 1.29 is 19.0 Å². The van der Waals surface area contributed by atoms with E-state index < -0.39 is 0 Å². The number of aromatic nitrogens is 2. The van der Waals surface area contributed by atoms with Gasteiger partial charge in [-0.25, -0.2) is 0 Å². The molecule has 0 radical (unpaired) electrons. The number of methoxy groups -OCH3 is 1. The summed E-state index contributed by atoms with van der Waals surface area (Å²) in [5.41, 5.74) is 4.11. The van der Waals surface area contributed by atoms with E-state index in [1.54, 1.807) is 7.11 Å². The smallest absolute Gasteiger partial charge is 0.273 e. The zero-order valence-corrected chi connectivity index (χ0v) is 19.6. The first-order valence-corrected chi connectivity index (χ1v) is 11.4. The molecular formula is C26H31N3O4. The van der Waals surface area contributed by atoms with Crippen molar-refractivity contribution in [2.24, 2.45) is 0 Å². The highest BCUT2D eigenvalue weighted by Gasteiger charge is 2.41. The van der Waals surface area contributed by atoms with Gasteiger partial charge in [-0.3, -0.25) is 9.89 Å². The number of carbonyl (C=O) groups is 1. The van der Waals surface area contributed by atoms with Gasteiger partial charge >= 0.3 is 0 Å². The number of hydrogen-bond donors (Lipinski definition) is 1. The molecule has 2 heterocycles. The van der Waals surface area contributed by atoms with Crippen molar-refractivity contribution in [1.29, 1.82) is 0 Å². The molecule has 4 rings (SSSR count). The lowest BCUT2D eigenvalue weighted by atomic mass is 9.96. The van der Waals surface area contributed by atoms with Crippen molar-refractivity contribution in [3.8, 4) is 22.8 Å². The van der Waals surface area contributed by atoms with Crippen LogP contribution in [0.2, 0.25) is 0 Å². The molecule has 174 valence electrons. The third kappa shape index (κ3) is 4.73. The van der Waals surface area contributed by atoms with Crippen molar-refractivity contribution in [3.63, 3.8) is 0 Å². The summed E-state index contributed by atoms with van der Waals surface area (Å²) in [5, 5.41) is 7.54. The van der Waals surface area contributed by atoms with Crippen LogP contribution < -0.4 is 9.47 Å². The molecule has 0 spiro atoms. The average molecular weight is 450 g/mol. The van der Waals surface area contributed by atoms with E-state index in [1.165, 1.54) is 0 Å². The standard InChI is InChI=1S/C26H31N3O4/c1-5-32-20-12-10-18(11-13-20)25-22-23(19-8-6-9-21(16-19)31-4)27-28-24(22)26(30)29(25)14-7-15-33-17(2)3/h6,8-13,16-17,25H,5,7,14-15H2,1-4H3,(H,27,28)/t25-/m1/s1. The number of benzene rings is 2. The number of aromatic amines is 1. The fourth-order valence-electron chi connectivity index (χ4n) is 4.23. The van der Waals surface area contributed by atoms with Crippen LogP contribution in [0.15, 0.2) is 48.5 Å². The summed E-state index contributed by atoms with van der Waals surface area (Å²) in [7, 11) is 1.64. The van der Waals surface area contributed by atoms with Crippen LogP contribution >= 0.6 is 0 Å². The van der Waals surface area contributed by atoms with Crippen molar-refractivity contribution in [2.75, 3.05) is 26.9 Å². The maximum Gasteiger partial charge on any atom is 0.273 e. The largest absolute Gasteiger partial charge is 0.497 e. The number of H-pyrrole nitrogens is 1. The van der Waals surface area contributed by atoms with E-state index in [-0.39, 0.29) is 18.1 Å². The van der Waals surface area contributed by atoms with Gasteiger partial charge < -0.3 is 19.1 Å². The van der Waals surface area contributed by atoms with E-state index in [1.807, 2.05) is 74.2 Å². The third-order valence-corrected chi connectivity index (χ3v) is 5.71. The molecule has 33 heavy (non-hydrogen) atoms. The topological polar surface area (TPSA) is 76.7 Å². The van der Waals surface area contributed by atoms with Crippen molar-refractivity contribution in [3.05, 3.63) is 65.4 Å². The number of fused-ring (bicyclic) bond motifs is 1. The first-order chi connectivity index (χ1) is 16.0. The number of nitrogens with one attached hydrogen (secondary N) is 1. The lowest BCUT2D eigenvalue weighted by Crippen LogP contribution is -2.31. The van der Waals surface area contributed by atoms with Gasteiger partial charge in [-0.1, -0.05) is 24.3 Å². The summed E-state index contributed by atoms with van der Waals surface area (Å²) in [6.45, 7) is 7.79. The minimum Gasteiger partial charge on any atom is -0.497 e. The van der Waals surface area contributed by atoms with Crippen LogP contribution in [0.1, 0.15) is 54.8 Å². The molecule has 0 bridgehead atoms. The molecule has 1 aliphatic heterocycles. The highest BCUT2D eigenvalue weighted by molar-refractivity contribution is 6.00. The Labute approximate surface area is 194 Å². The van der Waals surface area contributed by atoms with Crippen molar-refractivity contribution in [1.82, 2.24) is 15.1 Å². The summed E-state index contributed by atoms with van der Waals surface area (Å²) in [6, 6.07) is 15.5. The summed E-state index contributed by atoms with van der Waals surface area (Å²) in [4.78, 5) is 15.3. The Hall–Kier alpha value is -3.32. The highest BCUT2D eigenvalue weighted by Crippen LogP contribution is 2.43. The van der Waals surface area contributed by atoms with Crippen LogP contribution in [0.25, 0.3) is 11.3 Å². The maximum atomic E-state index is 13.4. The van der Waals surface area contributed by atoms with Gasteiger partial charge in [0.05, 0.1) is 31.6 Å². The summed E-state index contributed by atoms with van der Waals surface area (Å²) in [5.74, 6) is 1.51. The number of rotatable bonds is 10. The van der Waals surface area contributed by atoms with Gasteiger partial charge in [-0.05, 0) is 57.0 Å². The quantitative estimate of drug-likeness (QED) is 0.448. The van der Waals surface area contributed by atoms with E-state index in [0.29, 0.717) is 25.5 Å². The molecule has 3 aromatic rings. The summed E-state index contributed by atoms with van der Waals surface area (Å²) < 4.78 is 16.7. The van der Waals surface area contributed by atoms with Gasteiger partial charge in [-0.2, -0.15) is 5.10 Å². The first kappa shape index (κ1) is 22.9. The Balaban J connectivity index is 1.72. The predicted octanol–water partition coefficient (Wildman–Crippen LogP) is 4.84. The third-order valence-electron chi connectivity index (χ3n) is 5.71. The molecule has 1 aliphatic rings. The Bertz CT molecular complexity index is 1090. The zero-order chi connectivity index (χ0) is 23.4.